The van der Waals surface area contributed by atoms with Gasteiger partial charge < -0.3 is 10.6 Å². The average Bonchev–Trinajstić information content (AvgIpc) is 3.14. The van der Waals surface area contributed by atoms with Crippen LogP contribution in [0.5, 0.6) is 0 Å². The van der Waals surface area contributed by atoms with Crippen LogP contribution in [0.25, 0.3) is 10.9 Å². The van der Waals surface area contributed by atoms with Crippen molar-refractivity contribution in [3.63, 3.8) is 0 Å². The van der Waals surface area contributed by atoms with Gasteiger partial charge in [-0.1, -0.05) is 49.2 Å². The molecule has 0 spiro atoms. The molecule has 1 saturated carbocycles. The molecule has 0 amide bonds. The van der Waals surface area contributed by atoms with Gasteiger partial charge in [0.2, 0.25) is 5.95 Å². The molecule has 0 atom stereocenters. The van der Waals surface area contributed by atoms with Gasteiger partial charge >= 0.3 is 0 Å². The number of hydrogen-bond donors (Lipinski definition) is 2. The molecule has 2 N–H and O–H groups in total. The fourth-order valence-electron chi connectivity index (χ4n) is 3.51. The summed E-state index contributed by atoms with van der Waals surface area (Å²) in [6.07, 6.45) is 5.06. The second-order valence-electron chi connectivity index (χ2n) is 6.82. The lowest BCUT2D eigenvalue weighted by molar-refractivity contribution is 0.751. The van der Waals surface area contributed by atoms with Crippen molar-refractivity contribution in [3.8, 4) is 0 Å². The summed E-state index contributed by atoms with van der Waals surface area (Å²) in [5.74, 6) is 1.63. The number of aromatic nitrogens is 2. The summed E-state index contributed by atoms with van der Waals surface area (Å²) in [5.41, 5.74) is 3.52. The highest BCUT2D eigenvalue weighted by Gasteiger charge is 2.17. The highest BCUT2D eigenvalue weighted by molar-refractivity contribution is 5.90. The van der Waals surface area contributed by atoms with Crippen LogP contribution in [0.15, 0.2) is 48.5 Å². The van der Waals surface area contributed by atoms with Crippen LogP contribution >= 0.6 is 0 Å². The number of fused-ring (bicyclic) bond motifs is 1. The molecule has 0 aliphatic heterocycles. The lowest BCUT2D eigenvalue weighted by Gasteiger charge is -2.16. The van der Waals surface area contributed by atoms with E-state index < -0.39 is 0 Å². The topological polar surface area (TPSA) is 49.8 Å². The normalized spacial score (nSPS) is 14.8. The van der Waals surface area contributed by atoms with Gasteiger partial charge in [0.15, 0.2) is 0 Å². The Labute approximate surface area is 148 Å². The Hall–Kier alpha value is -2.62. The zero-order chi connectivity index (χ0) is 17.1. The number of hydrogen-bond acceptors (Lipinski definition) is 4. The van der Waals surface area contributed by atoms with Crippen molar-refractivity contribution in [1.29, 1.82) is 0 Å². The van der Waals surface area contributed by atoms with Crippen molar-refractivity contribution in [2.24, 2.45) is 0 Å². The Morgan fingerprint density at radius 1 is 0.960 bits per heavy atom. The first-order valence-corrected chi connectivity index (χ1v) is 9.11. The average molecular weight is 332 g/mol. The summed E-state index contributed by atoms with van der Waals surface area (Å²) in [6.45, 7) is 2.86. The predicted octanol–water partition coefficient (Wildman–Crippen LogP) is 4.90. The van der Waals surface area contributed by atoms with E-state index in [1.54, 1.807) is 0 Å². The number of rotatable bonds is 5. The van der Waals surface area contributed by atoms with Crippen molar-refractivity contribution < 1.29 is 0 Å². The Bertz CT molecular complexity index is 869. The monoisotopic (exact) mass is 332 g/mol. The van der Waals surface area contributed by atoms with E-state index in [0.717, 1.165) is 23.3 Å². The third-order valence-electron chi connectivity index (χ3n) is 5.00. The number of nitrogens with zero attached hydrogens (tertiary/aromatic N) is 2. The smallest absolute Gasteiger partial charge is 0.225 e. The van der Waals surface area contributed by atoms with Gasteiger partial charge in [0.25, 0.3) is 0 Å². The molecule has 3 aromatic rings. The second kappa shape index (κ2) is 7.09. The lowest BCUT2D eigenvalue weighted by Crippen LogP contribution is -2.17. The van der Waals surface area contributed by atoms with Crippen LogP contribution in [0.4, 0.5) is 11.8 Å². The molecule has 4 rings (SSSR count). The first-order valence-electron chi connectivity index (χ1n) is 9.11. The minimum absolute atomic E-state index is 0.530. The molecule has 1 aliphatic carbocycles. The third kappa shape index (κ3) is 3.58. The number of anilines is 2. The van der Waals surface area contributed by atoms with Gasteiger partial charge in [-0.25, -0.2) is 4.98 Å². The Morgan fingerprint density at radius 3 is 2.56 bits per heavy atom. The van der Waals surface area contributed by atoms with E-state index >= 15 is 0 Å². The summed E-state index contributed by atoms with van der Waals surface area (Å²) in [5, 5.41) is 8.13. The van der Waals surface area contributed by atoms with Crippen LogP contribution in [0.3, 0.4) is 0 Å². The molecule has 25 heavy (non-hydrogen) atoms. The summed E-state index contributed by atoms with van der Waals surface area (Å²) in [4.78, 5) is 9.47. The molecule has 0 unspecified atom stereocenters. The highest BCUT2D eigenvalue weighted by Crippen LogP contribution is 2.27. The molecule has 0 radical (unpaired) electrons. The zero-order valence-electron chi connectivity index (χ0n) is 14.6. The fourth-order valence-corrected chi connectivity index (χ4v) is 3.51. The lowest BCUT2D eigenvalue weighted by atomic mass is 10.1. The largest absolute Gasteiger partial charge is 0.367 e. The molecule has 4 heteroatoms. The molecule has 0 bridgehead atoms. The van der Waals surface area contributed by atoms with E-state index in [-0.39, 0.29) is 0 Å². The summed E-state index contributed by atoms with van der Waals surface area (Å²) in [6, 6.07) is 17.2. The number of para-hydroxylation sites is 1. The first kappa shape index (κ1) is 15.9. The maximum atomic E-state index is 4.78. The maximum Gasteiger partial charge on any atom is 0.225 e. The van der Waals surface area contributed by atoms with E-state index in [9.17, 15) is 0 Å². The van der Waals surface area contributed by atoms with Gasteiger partial charge in [-0.3, -0.25) is 0 Å². The fraction of sp³-hybridized carbons (Fsp3) is 0.333. The van der Waals surface area contributed by atoms with Crippen molar-refractivity contribution in [3.05, 3.63) is 59.7 Å². The summed E-state index contributed by atoms with van der Waals surface area (Å²) in [7, 11) is 0. The molecule has 0 saturated heterocycles. The van der Waals surface area contributed by atoms with Gasteiger partial charge in [0.05, 0.1) is 5.52 Å². The number of nitrogens with one attached hydrogen (secondary N) is 2. The van der Waals surface area contributed by atoms with Crippen LogP contribution in [-0.2, 0) is 6.54 Å². The second-order valence-corrected chi connectivity index (χ2v) is 6.82. The number of aryl methyl sites for hydroxylation is 1. The zero-order valence-corrected chi connectivity index (χ0v) is 14.6. The minimum atomic E-state index is 0.530. The van der Waals surface area contributed by atoms with Gasteiger partial charge in [-0.05, 0) is 43.0 Å². The molecule has 1 aliphatic rings. The van der Waals surface area contributed by atoms with E-state index in [4.69, 9.17) is 9.97 Å². The Kier molecular flexibility index (Phi) is 4.51. The van der Waals surface area contributed by atoms with Crippen LogP contribution in [0, 0.1) is 6.92 Å². The van der Waals surface area contributed by atoms with Crippen LogP contribution in [0.2, 0.25) is 0 Å². The predicted molar refractivity (Wildman–Crippen MR) is 104 cm³/mol. The summed E-state index contributed by atoms with van der Waals surface area (Å²) >= 11 is 0. The standard InChI is InChI=1S/C21H24N4/c1-15-8-2-3-9-16(15)14-22-21-24-19-13-7-6-12-18(19)20(25-21)23-17-10-4-5-11-17/h2-3,6-9,12-13,17H,4-5,10-11,14H2,1H3,(H2,22,23,24,25). The van der Waals surface area contributed by atoms with Crippen molar-refractivity contribution in [1.82, 2.24) is 9.97 Å². The molecule has 2 aromatic carbocycles. The molecule has 128 valence electrons. The van der Waals surface area contributed by atoms with Crippen LogP contribution < -0.4 is 10.6 Å². The van der Waals surface area contributed by atoms with Crippen molar-refractivity contribution in [2.75, 3.05) is 10.6 Å². The van der Waals surface area contributed by atoms with E-state index in [0.29, 0.717) is 12.0 Å². The molecule has 4 nitrogen and oxygen atoms in total. The molecule has 1 heterocycles. The van der Waals surface area contributed by atoms with Gasteiger partial charge in [0, 0.05) is 18.0 Å². The van der Waals surface area contributed by atoms with E-state index in [1.807, 2.05) is 12.1 Å². The SMILES string of the molecule is Cc1ccccc1CNc1nc(NC2CCCC2)c2ccccc2n1. The number of benzene rings is 2. The van der Waals surface area contributed by atoms with Gasteiger partial charge in [-0.2, -0.15) is 4.98 Å². The molecule has 1 fully saturated rings. The highest BCUT2D eigenvalue weighted by atomic mass is 15.1. The van der Waals surface area contributed by atoms with Gasteiger partial charge in [0.1, 0.15) is 5.82 Å². The molecule has 1 aromatic heterocycles. The quantitative estimate of drug-likeness (QED) is 0.697. The summed E-state index contributed by atoms with van der Waals surface area (Å²) < 4.78 is 0. The van der Waals surface area contributed by atoms with Crippen LogP contribution in [-0.4, -0.2) is 16.0 Å². The first-order chi connectivity index (χ1) is 12.3. The van der Waals surface area contributed by atoms with Crippen LogP contribution in [0.1, 0.15) is 36.8 Å². The van der Waals surface area contributed by atoms with Crippen molar-refractivity contribution in [2.45, 2.75) is 45.2 Å². The third-order valence-corrected chi connectivity index (χ3v) is 5.00. The maximum absolute atomic E-state index is 4.78. The van der Waals surface area contributed by atoms with E-state index in [1.165, 1.54) is 36.8 Å². The Balaban J connectivity index is 1.61. The van der Waals surface area contributed by atoms with Crippen molar-refractivity contribution >= 4 is 22.7 Å². The van der Waals surface area contributed by atoms with Gasteiger partial charge in [-0.15, -0.1) is 0 Å². The molecular formula is C21H24N4. The Morgan fingerprint density at radius 2 is 1.72 bits per heavy atom. The minimum Gasteiger partial charge on any atom is -0.367 e. The molecular weight excluding hydrogens is 308 g/mol. The van der Waals surface area contributed by atoms with E-state index in [2.05, 4.69) is 54.0 Å².